The minimum Gasteiger partial charge on any atom is -0.465 e. The molecule has 6 heteroatoms. The summed E-state index contributed by atoms with van der Waals surface area (Å²) >= 11 is 0. The van der Waals surface area contributed by atoms with Gasteiger partial charge in [0.1, 0.15) is 22.7 Å². The predicted octanol–water partition coefficient (Wildman–Crippen LogP) is 7.79. The van der Waals surface area contributed by atoms with Crippen LogP contribution >= 0.6 is 0 Å². The molecule has 1 N–H and O–H groups in total. The van der Waals surface area contributed by atoms with Crippen LogP contribution < -0.4 is 4.74 Å². The lowest BCUT2D eigenvalue weighted by Crippen LogP contribution is -2.36. The van der Waals surface area contributed by atoms with Gasteiger partial charge in [0.15, 0.2) is 0 Å². The van der Waals surface area contributed by atoms with E-state index in [1.807, 2.05) is 36.5 Å². The Morgan fingerprint density at radius 1 is 1.02 bits per heavy atom. The zero-order valence-electron chi connectivity index (χ0n) is 22.9. The van der Waals surface area contributed by atoms with E-state index in [0.29, 0.717) is 29.1 Å². The lowest BCUT2D eigenvalue weighted by Gasteiger charge is -2.36. The van der Waals surface area contributed by atoms with Crippen molar-refractivity contribution < 1.29 is 14.3 Å². The molecule has 2 aromatic heterocycles. The molecule has 40 heavy (non-hydrogen) atoms. The molecule has 0 spiro atoms. The topological polar surface area (TPSA) is 67.4 Å². The summed E-state index contributed by atoms with van der Waals surface area (Å²) in [6, 6.07) is 20.0. The van der Waals surface area contributed by atoms with Gasteiger partial charge in [-0.3, -0.25) is 4.90 Å². The van der Waals surface area contributed by atoms with E-state index in [2.05, 4.69) is 45.2 Å². The Morgan fingerprint density at radius 2 is 1.90 bits per heavy atom. The molecule has 204 valence electrons. The van der Waals surface area contributed by atoms with E-state index in [9.17, 15) is 4.79 Å². The number of esters is 1. The molecule has 1 aliphatic heterocycles. The number of hydrogen-bond acceptors (Lipinski definition) is 5. The van der Waals surface area contributed by atoms with Crippen molar-refractivity contribution in [3.63, 3.8) is 0 Å². The van der Waals surface area contributed by atoms with Crippen LogP contribution in [0.3, 0.4) is 0 Å². The van der Waals surface area contributed by atoms with Crippen LogP contribution in [0.5, 0.6) is 11.5 Å². The highest BCUT2D eigenvalue weighted by Crippen LogP contribution is 2.47. The number of aromatic nitrogens is 2. The van der Waals surface area contributed by atoms with E-state index in [0.717, 1.165) is 41.8 Å². The van der Waals surface area contributed by atoms with E-state index in [4.69, 9.17) is 9.47 Å². The second-order valence-electron chi connectivity index (χ2n) is 11.3. The van der Waals surface area contributed by atoms with Crippen LogP contribution in [0.15, 0.2) is 73.1 Å². The Bertz CT molecular complexity index is 1580. The molecule has 2 aliphatic carbocycles. The molecule has 0 bridgehead atoms. The average molecular weight is 534 g/mol. The number of aromatic amines is 1. The van der Waals surface area contributed by atoms with Crippen molar-refractivity contribution in [3.8, 4) is 11.5 Å². The van der Waals surface area contributed by atoms with Gasteiger partial charge >= 0.3 is 5.97 Å². The third-order valence-electron chi connectivity index (χ3n) is 8.88. The summed E-state index contributed by atoms with van der Waals surface area (Å²) in [6.07, 6.45) is 14.3. The van der Waals surface area contributed by atoms with Crippen LogP contribution in [-0.2, 0) is 4.74 Å². The normalized spacial score (nSPS) is 21.4. The van der Waals surface area contributed by atoms with Crippen LogP contribution in [0.2, 0.25) is 0 Å². The summed E-state index contributed by atoms with van der Waals surface area (Å²) in [6.45, 7) is 1.18. The van der Waals surface area contributed by atoms with Crippen molar-refractivity contribution in [1.82, 2.24) is 14.9 Å². The highest BCUT2D eigenvalue weighted by atomic mass is 16.5. The first-order chi connectivity index (χ1) is 19.7. The second kappa shape index (κ2) is 10.6. The zero-order valence-corrected chi connectivity index (χ0v) is 22.9. The number of benzene rings is 2. The Morgan fingerprint density at radius 3 is 2.70 bits per heavy atom. The Kier molecular flexibility index (Phi) is 6.64. The molecule has 1 saturated carbocycles. The highest BCUT2D eigenvalue weighted by molar-refractivity contribution is 5.93. The van der Waals surface area contributed by atoms with Crippen molar-refractivity contribution in [1.29, 1.82) is 0 Å². The number of carbonyl (C=O) groups is 1. The molecule has 4 aromatic rings. The number of methoxy groups -OCH3 is 1. The fraction of sp³-hybridized carbons (Fsp3) is 0.353. The largest absolute Gasteiger partial charge is 0.465 e. The molecule has 7 rings (SSSR count). The first kappa shape index (κ1) is 25.1. The molecular weight excluding hydrogens is 498 g/mol. The van der Waals surface area contributed by atoms with E-state index < -0.39 is 5.97 Å². The number of H-pyrrole nitrogens is 1. The van der Waals surface area contributed by atoms with Gasteiger partial charge in [0, 0.05) is 23.7 Å². The second-order valence-corrected chi connectivity index (χ2v) is 11.3. The summed E-state index contributed by atoms with van der Waals surface area (Å²) in [5.74, 6) is 1.43. The van der Waals surface area contributed by atoms with Crippen LogP contribution in [-0.4, -0.2) is 40.5 Å². The molecule has 1 unspecified atom stereocenters. The maximum Gasteiger partial charge on any atom is 0.341 e. The van der Waals surface area contributed by atoms with Gasteiger partial charge in [0.05, 0.1) is 13.3 Å². The number of nitrogens with zero attached hydrogens (tertiary/aromatic N) is 2. The van der Waals surface area contributed by atoms with Gasteiger partial charge in [-0.2, -0.15) is 0 Å². The molecule has 3 aliphatic rings. The fourth-order valence-corrected chi connectivity index (χ4v) is 6.71. The van der Waals surface area contributed by atoms with Gasteiger partial charge in [0.25, 0.3) is 0 Å². The highest BCUT2D eigenvalue weighted by Gasteiger charge is 2.36. The first-order valence-corrected chi connectivity index (χ1v) is 14.6. The maximum atomic E-state index is 12.5. The molecule has 0 amide bonds. The number of pyridine rings is 1. The molecule has 1 saturated heterocycles. The minimum atomic E-state index is -0.415. The van der Waals surface area contributed by atoms with Crippen LogP contribution in [0, 0.1) is 0 Å². The standard InChI is InChI=1S/C34H35N3O3/c1-39-34(38)30-15-12-24(20-32(30)40-27-19-25-16-17-35-33(25)36-21-27)22-10-13-26(14-11-22)37-18-4-7-31(37)29-6-3-2-5-28(29)23-8-9-23/h2-3,5-6,10,12,15-17,19-21,23,26,31H,4,7-9,11,13-14,18H2,1H3,(H,35,36)/t26?,31-/m0/s1. The lowest BCUT2D eigenvalue weighted by molar-refractivity contribution is 0.0598. The number of carbonyl (C=O) groups excluding carboxylic acids is 1. The lowest BCUT2D eigenvalue weighted by atomic mass is 9.88. The molecule has 0 radical (unpaired) electrons. The number of nitrogens with one attached hydrogen (secondary N) is 1. The van der Waals surface area contributed by atoms with Gasteiger partial charge in [0.2, 0.25) is 0 Å². The van der Waals surface area contributed by atoms with Gasteiger partial charge in [-0.05, 0) is 104 Å². The molecule has 2 aromatic carbocycles. The molecular formula is C34H35N3O3. The number of allylic oxidation sites excluding steroid dienone is 1. The predicted molar refractivity (Wildman–Crippen MR) is 157 cm³/mol. The van der Waals surface area contributed by atoms with Crippen molar-refractivity contribution in [2.75, 3.05) is 13.7 Å². The number of likely N-dealkylation sites (tertiary alicyclic amines) is 1. The fourth-order valence-electron chi connectivity index (χ4n) is 6.71. The van der Waals surface area contributed by atoms with Crippen molar-refractivity contribution in [3.05, 3.63) is 95.3 Å². The van der Waals surface area contributed by atoms with Gasteiger partial charge in [-0.25, -0.2) is 9.78 Å². The van der Waals surface area contributed by atoms with Crippen molar-refractivity contribution >= 4 is 22.6 Å². The molecule has 3 heterocycles. The SMILES string of the molecule is COC(=O)c1ccc(C2=CCC(N3CCC[C@H]3c3ccccc3C3CC3)CC2)cc1Oc1cnc2[nH]ccc2c1. The quantitative estimate of drug-likeness (QED) is 0.246. The van der Waals surface area contributed by atoms with Crippen LogP contribution in [0.25, 0.3) is 16.6 Å². The van der Waals surface area contributed by atoms with E-state index in [1.165, 1.54) is 44.9 Å². The number of ether oxygens (including phenoxy) is 2. The number of fused-ring (bicyclic) bond motifs is 1. The van der Waals surface area contributed by atoms with E-state index in [-0.39, 0.29) is 0 Å². The summed E-state index contributed by atoms with van der Waals surface area (Å²) in [4.78, 5) is 22.9. The van der Waals surface area contributed by atoms with Crippen LogP contribution in [0.4, 0.5) is 0 Å². The van der Waals surface area contributed by atoms with E-state index in [1.54, 1.807) is 17.3 Å². The Labute approximate surface area is 235 Å². The average Bonchev–Trinajstić information content (AvgIpc) is 3.54. The smallest absolute Gasteiger partial charge is 0.341 e. The monoisotopic (exact) mass is 533 g/mol. The Hall–Kier alpha value is -3.90. The van der Waals surface area contributed by atoms with Gasteiger partial charge in [-0.15, -0.1) is 0 Å². The van der Waals surface area contributed by atoms with Crippen LogP contribution in [0.1, 0.15) is 84.0 Å². The third-order valence-corrected chi connectivity index (χ3v) is 8.88. The first-order valence-electron chi connectivity index (χ1n) is 14.6. The summed E-state index contributed by atoms with van der Waals surface area (Å²) < 4.78 is 11.3. The summed E-state index contributed by atoms with van der Waals surface area (Å²) in [5, 5.41) is 0.953. The maximum absolute atomic E-state index is 12.5. The summed E-state index contributed by atoms with van der Waals surface area (Å²) in [7, 11) is 1.39. The van der Waals surface area contributed by atoms with E-state index >= 15 is 0 Å². The number of rotatable bonds is 7. The minimum absolute atomic E-state index is 0.406. The molecule has 2 atom stereocenters. The molecule has 6 nitrogen and oxygen atoms in total. The molecule has 2 fully saturated rings. The van der Waals surface area contributed by atoms with Gasteiger partial charge in [-0.1, -0.05) is 36.4 Å². The Balaban J connectivity index is 1.12. The van der Waals surface area contributed by atoms with Crippen molar-refractivity contribution in [2.45, 2.75) is 62.9 Å². The van der Waals surface area contributed by atoms with Gasteiger partial charge < -0.3 is 14.5 Å². The number of hydrogen-bond donors (Lipinski definition) is 1. The third kappa shape index (κ3) is 4.81. The zero-order chi connectivity index (χ0) is 27.1. The van der Waals surface area contributed by atoms with Crippen molar-refractivity contribution in [2.24, 2.45) is 0 Å². The summed E-state index contributed by atoms with van der Waals surface area (Å²) in [5.41, 5.74) is 6.77.